The van der Waals surface area contributed by atoms with Crippen LogP contribution in [-0.4, -0.2) is 20.2 Å². The normalized spacial score (nSPS) is 10.6. The lowest BCUT2D eigenvalue weighted by Gasteiger charge is -2.12. The van der Waals surface area contributed by atoms with Crippen molar-refractivity contribution in [2.75, 3.05) is 0 Å². The molecule has 0 unspecified atom stereocenters. The van der Waals surface area contributed by atoms with Gasteiger partial charge < -0.3 is 4.40 Å². The highest BCUT2D eigenvalue weighted by Gasteiger charge is 2.14. The summed E-state index contributed by atoms with van der Waals surface area (Å²) in [5.74, 6) is 0.103. The number of nitrogens with zero attached hydrogens (tertiary/aromatic N) is 4. The predicted octanol–water partition coefficient (Wildman–Crippen LogP) is 3.62. The molecule has 0 spiro atoms. The molecule has 5 nitrogen and oxygen atoms in total. The second-order valence-corrected chi connectivity index (χ2v) is 6.32. The molecule has 0 aliphatic carbocycles. The van der Waals surface area contributed by atoms with Gasteiger partial charge >= 0.3 is 0 Å². The molecule has 130 valence electrons. The Hall–Kier alpha value is -3.78. The third kappa shape index (κ3) is 3.46. The standard InChI is InChI=1S/C22H16N4O/c23-12-17-5-3-16(4-6-17)10-20(27)11-22-21(18-2-1-9-24-13-18)8-7-19-14-25-15-26(19)22/h1-9,13-15H,10-11H2. The average molecular weight is 352 g/mol. The summed E-state index contributed by atoms with van der Waals surface area (Å²) in [7, 11) is 0. The van der Waals surface area contributed by atoms with E-state index in [1.807, 2.05) is 40.8 Å². The van der Waals surface area contributed by atoms with Crippen molar-refractivity contribution in [3.63, 3.8) is 0 Å². The fourth-order valence-corrected chi connectivity index (χ4v) is 3.19. The minimum atomic E-state index is 0.103. The number of hydrogen-bond acceptors (Lipinski definition) is 4. The quantitative estimate of drug-likeness (QED) is 0.550. The minimum absolute atomic E-state index is 0.103. The minimum Gasteiger partial charge on any atom is -0.302 e. The molecule has 0 aliphatic rings. The number of imidazole rings is 1. The number of carbonyl (C=O) groups is 1. The number of rotatable bonds is 5. The molecule has 0 N–H and O–H groups in total. The number of nitriles is 1. The van der Waals surface area contributed by atoms with Crippen LogP contribution in [0.15, 0.2) is 73.4 Å². The Morgan fingerprint density at radius 2 is 1.85 bits per heavy atom. The molecule has 0 amide bonds. The summed E-state index contributed by atoms with van der Waals surface area (Å²) in [4.78, 5) is 21.2. The van der Waals surface area contributed by atoms with Gasteiger partial charge in [-0.25, -0.2) is 4.98 Å². The molecule has 3 aromatic heterocycles. The smallest absolute Gasteiger partial charge is 0.143 e. The molecule has 27 heavy (non-hydrogen) atoms. The molecule has 4 rings (SSSR count). The Morgan fingerprint density at radius 1 is 1.00 bits per heavy atom. The van der Waals surface area contributed by atoms with Crippen molar-refractivity contribution in [3.8, 4) is 17.2 Å². The van der Waals surface area contributed by atoms with Crippen LogP contribution < -0.4 is 0 Å². The number of Topliss-reactive ketones (excluding diaryl/α,β-unsaturated/α-hetero) is 1. The van der Waals surface area contributed by atoms with Crippen LogP contribution >= 0.6 is 0 Å². The highest BCUT2D eigenvalue weighted by molar-refractivity contribution is 5.85. The lowest BCUT2D eigenvalue weighted by atomic mass is 9.99. The number of ketones is 1. The molecule has 0 radical (unpaired) electrons. The number of carbonyl (C=O) groups excluding carboxylic acids is 1. The number of aromatic nitrogens is 3. The fraction of sp³-hybridized carbons (Fsp3) is 0.0909. The number of pyridine rings is 2. The molecule has 0 aliphatic heterocycles. The largest absolute Gasteiger partial charge is 0.302 e. The number of fused-ring (bicyclic) bond motifs is 1. The molecule has 1 aromatic carbocycles. The van der Waals surface area contributed by atoms with Gasteiger partial charge in [-0.05, 0) is 29.8 Å². The summed E-state index contributed by atoms with van der Waals surface area (Å²) >= 11 is 0. The lowest BCUT2D eigenvalue weighted by molar-refractivity contribution is -0.117. The van der Waals surface area contributed by atoms with E-state index in [1.54, 1.807) is 37.1 Å². The van der Waals surface area contributed by atoms with Gasteiger partial charge in [-0.3, -0.25) is 9.78 Å². The molecule has 0 fully saturated rings. The van der Waals surface area contributed by atoms with Gasteiger partial charge in [-0.15, -0.1) is 0 Å². The van der Waals surface area contributed by atoms with E-state index in [-0.39, 0.29) is 12.2 Å². The van der Waals surface area contributed by atoms with E-state index in [4.69, 9.17) is 5.26 Å². The maximum absolute atomic E-state index is 12.8. The zero-order valence-corrected chi connectivity index (χ0v) is 14.5. The molecule has 5 heteroatoms. The van der Waals surface area contributed by atoms with Crippen LogP contribution in [0.1, 0.15) is 16.8 Å². The first kappa shape index (κ1) is 16.7. The van der Waals surface area contributed by atoms with Crippen molar-refractivity contribution in [2.45, 2.75) is 12.8 Å². The van der Waals surface area contributed by atoms with E-state index in [1.165, 1.54) is 0 Å². The zero-order chi connectivity index (χ0) is 18.6. The van der Waals surface area contributed by atoms with E-state index in [2.05, 4.69) is 16.0 Å². The molecular formula is C22H16N4O. The van der Waals surface area contributed by atoms with Gasteiger partial charge in [0.05, 0.1) is 29.7 Å². The van der Waals surface area contributed by atoms with Crippen LogP contribution in [0.3, 0.4) is 0 Å². The monoisotopic (exact) mass is 352 g/mol. The highest BCUT2D eigenvalue weighted by Crippen LogP contribution is 2.25. The Labute approximate surface area is 156 Å². The molecule has 0 atom stereocenters. The van der Waals surface area contributed by atoms with Crippen molar-refractivity contribution >= 4 is 11.3 Å². The summed E-state index contributed by atoms with van der Waals surface area (Å²) in [5.41, 5.74) is 5.28. The predicted molar refractivity (Wildman–Crippen MR) is 102 cm³/mol. The SMILES string of the molecule is N#Cc1ccc(CC(=O)Cc2c(-c3cccnc3)ccc3cncn23)cc1. The first-order valence-electron chi connectivity index (χ1n) is 8.59. The van der Waals surface area contributed by atoms with Crippen molar-refractivity contribution in [2.24, 2.45) is 0 Å². The number of hydrogen-bond donors (Lipinski definition) is 0. The molecule has 3 heterocycles. The van der Waals surface area contributed by atoms with E-state index in [9.17, 15) is 4.79 Å². The van der Waals surface area contributed by atoms with Crippen molar-refractivity contribution in [1.29, 1.82) is 5.26 Å². The second kappa shape index (κ2) is 7.22. The van der Waals surface area contributed by atoms with Crippen LogP contribution in [0.25, 0.3) is 16.6 Å². The summed E-state index contributed by atoms with van der Waals surface area (Å²) in [5, 5.41) is 8.89. The maximum Gasteiger partial charge on any atom is 0.143 e. The Kier molecular flexibility index (Phi) is 4.46. The van der Waals surface area contributed by atoms with Crippen LogP contribution in [0, 0.1) is 11.3 Å². The van der Waals surface area contributed by atoms with Gasteiger partial charge in [0.15, 0.2) is 0 Å². The third-order valence-corrected chi connectivity index (χ3v) is 4.51. The third-order valence-electron chi connectivity index (χ3n) is 4.51. The fourth-order valence-electron chi connectivity index (χ4n) is 3.19. The highest BCUT2D eigenvalue weighted by atomic mass is 16.1. The topological polar surface area (TPSA) is 71.0 Å². The number of benzene rings is 1. The van der Waals surface area contributed by atoms with Crippen molar-refractivity contribution in [3.05, 3.63) is 90.3 Å². The molecule has 0 saturated carbocycles. The molecule has 0 bridgehead atoms. The molecule has 4 aromatic rings. The first-order valence-corrected chi connectivity index (χ1v) is 8.59. The zero-order valence-electron chi connectivity index (χ0n) is 14.5. The van der Waals surface area contributed by atoms with E-state index in [0.717, 1.165) is 27.9 Å². The lowest BCUT2D eigenvalue weighted by Crippen LogP contribution is -2.11. The van der Waals surface area contributed by atoms with Crippen LogP contribution in [-0.2, 0) is 17.6 Å². The van der Waals surface area contributed by atoms with Gasteiger partial charge in [0.25, 0.3) is 0 Å². The van der Waals surface area contributed by atoms with Gasteiger partial charge in [0, 0.05) is 42.1 Å². The van der Waals surface area contributed by atoms with E-state index >= 15 is 0 Å². The first-order chi connectivity index (χ1) is 13.2. The van der Waals surface area contributed by atoms with Crippen molar-refractivity contribution in [1.82, 2.24) is 14.4 Å². The van der Waals surface area contributed by atoms with Crippen LogP contribution in [0.2, 0.25) is 0 Å². The Morgan fingerprint density at radius 3 is 2.59 bits per heavy atom. The summed E-state index contributed by atoms with van der Waals surface area (Å²) in [6.45, 7) is 0. The van der Waals surface area contributed by atoms with Crippen molar-refractivity contribution < 1.29 is 4.79 Å². The van der Waals surface area contributed by atoms with Gasteiger partial charge in [-0.2, -0.15) is 5.26 Å². The Bertz CT molecular complexity index is 1140. The van der Waals surface area contributed by atoms with Crippen LogP contribution in [0.4, 0.5) is 0 Å². The summed E-state index contributed by atoms with van der Waals surface area (Å²) in [6.07, 6.45) is 7.66. The van der Waals surface area contributed by atoms with Crippen LogP contribution in [0.5, 0.6) is 0 Å². The maximum atomic E-state index is 12.8. The Balaban J connectivity index is 1.66. The molecule has 0 saturated heterocycles. The van der Waals surface area contributed by atoms with E-state index in [0.29, 0.717) is 12.0 Å². The van der Waals surface area contributed by atoms with Gasteiger partial charge in [0.2, 0.25) is 0 Å². The second-order valence-electron chi connectivity index (χ2n) is 6.32. The average Bonchev–Trinajstić information content (AvgIpc) is 3.19. The molecular weight excluding hydrogens is 336 g/mol. The summed E-state index contributed by atoms with van der Waals surface area (Å²) < 4.78 is 1.96. The van der Waals surface area contributed by atoms with E-state index < -0.39 is 0 Å². The van der Waals surface area contributed by atoms with Gasteiger partial charge in [0.1, 0.15) is 5.78 Å². The van der Waals surface area contributed by atoms with Gasteiger partial charge in [-0.1, -0.05) is 24.3 Å². The summed E-state index contributed by atoms with van der Waals surface area (Å²) in [6, 6.07) is 17.1.